The Bertz CT molecular complexity index is 1260. The number of nitrogens with zero attached hydrogens (tertiary/aromatic N) is 2. The molecule has 2 atom stereocenters. The molecule has 6 nitrogen and oxygen atoms in total. The first kappa shape index (κ1) is 31.0. The van der Waals surface area contributed by atoms with Gasteiger partial charge in [0.15, 0.2) is 0 Å². The number of thioether (sulfide) groups is 1. The molecule has 1 aromatic carbocycles. The van der Waals surface area contributed by atoms with Crippen molar-refractivity contribution in [1.82, 2.24) is 9.97 Å². The lowest BCUT2D eigenvalue weighted by atomic mass is 9.98. The molecule has 210 valence electrons. The lowest BCUT2D eigenvalue weighted by Crippen LogP contribution is -2.24. The van der Waals surface area contributed by atoms with Crippen LogP contribution in [-0.4, -0.2) is 40.4 Å². The minimum absolute atomic E-state index is 0.0134. The van der Waals surface area contributed by atoms with Crippen LogP contribution in [0.4, 0.5) is 5.82 Å². The molecule has 0 bridgehead atoms. The van der Waals surface area contributed by atoms with Crippen LogP contribution in [-0.2, 0) is 28.8 Å². The van der Waals surface area contributed by atoms with Gasteiger partial charge < -0.3 is 14.8 Å². The van der Waals surface area contributed by atoms with Crippen molar-refractivity contribution in [3.8, 4) is 5.75 Å². The number of benzene rings is 1. The Morgan fingerprint density at radius 1 is 1.10 bits per heavy atom. The van der Waals surface area contributed by atoms with Crippen molar-refractivity contribution in [2.75, 3.05) is 19.5 Å². The number of hydrogen-bond acceptors (Lipinski definition) is 8. The molecular formula is C30H39N3O3S3. The number of thiocarbonyl (C=S) groups is 1. The summed E-state index contributed by atoms with van der Waals surface area (Å²) in [5.41, 5.74) is 4.64. The van der Waals surface area contributed by atoms with Crippen molar-refractivity contribution in [3.05, 3.63) is 68.8 Å². The van der Waals surface area contributed by atoms with Gasteiger partial charge in [0.05, 0.1) is 41.1 Å². The number of esters is 1. The fourth-order valence-corrected chi connectivity index (χ4v) is 7.00. The summed E-state index contributed by atoms with van der Waals surface area (Å²) < 4.78 is 10.4. The topological polar surface area (TPSA) is 73.3 Å². The summed E-state index contributed by atoms with van der Waals surface area (Å²) in [6.45, 7) is 8.60. The van der Waals surface area contributed by atoms with E-state index >= 15 is 0 Å². The highest BCUT2D eigenvalue weighted by Gasteiger charge is 2.32. The van der Waals surface area contributed by atoms with Crippen LogP contribution in [0.2, 0.25) is 0 Å². The van der Waals surface area contributed by atoms with E-state index in [4.69, 9.17) is 26.7 Å². The van der Waals surface area contributed by atoms with E-state index in [0.29, 0.717) is 19.3 Å². The molecule has 1 aliphatic heterocycles. The van der Waals surface area contributed by atoms with Gasteiger partial charge in [-0.3, -0.25) is 4.79 Å². The third-order valence-corrected chi connectivity index (χ3v) is 9.72. The molecule has 2 unspecified atom stereocenters. The second-order valence-corrected chi connectivity index (χ2v) is 12.3. The smallest absolute Gasteiger partial charge is 0.305 e. The van der Waals surface area contributed by atoms with E-state index in [-0.39, 0.29) is 16.5 Å². The summed E-state index contributed by atoms with van der Waals surface area (Å²) in [6, 6.07) is 8.44. The average molecular weight is 586 g/mol. The number of carbonyl (C=O) groups is 1. The molecule has 1 N–H and O–H groups in total. The molecule has 3 aromatic rings. The van der Waals surface area contributed by atoms with Gasteiger partial charge in [0.1, 0.15) is 11.6 Å². The first-order chi connectivity index (χ1) is 18.8. The fraction of sp³-hybridized carbons (Fsp3) is 0.467. The second-order valence-electron chi connectivity index (χ2n) is 9.30. The highest BCUT2D eigenvalue weighted by atomic mass is 32.2. The van der Waals surface area contributed by atoms with E-state index in [1.165, 1.54) is 31.1 Å². The maximum absolute atomic E-state index is 11.5. The number of unbranched alkanes of at least 4 members (excludes halogenated alkanes) is 1. The molecule has 3 heterocycles. The van der Waals surface area contributed by atoms with Gasteiger partial charge >= 0.3 is 5.97 Å². The van der Waals surface area contributed by atoms with Crippen LogP contribution in [0.15, 0.2) is 36.7 Å². The lowest BCUT2D eigenvalue weighted by molar-refractivity contribution is -0.140. The van der Waals surface area contributed by atoms with Crippen molar-refractivity contribution in [2.45, 2.75) is 76.7 Å². The Labute approximate surface area is 246 Å². The van der Waals surface area contributed by atoms with Crippen LogP contribution in [0, 0.1) is 6.92 Å². The monoisotopic (exact) mass is 585 g/mol. The molecule has 4 rings (SSSR count). The largest absolute Gasteiger partial charge is 0.496 e. The summed E-state index contributed by atoms with van der Waals surface area (Å²) in [7, 11) is 3.12. The summed E-state index contributed by atoms with van der Waals surface area (Å²) in [5.74, 6) is 1.47. The highest BCUT2D eigenvalue weighted by molar-refractivity contribution is 8.02. The quantitative estimate of drug-likeness (QED) is 0.204. The fourth-order valence-electron chi connectivity index (χ4n) is 4.08. The Kier molecular flexibility index (Phi) is 12.2. The predicted octanol–water partition coefficient (Wildman–Crippen LogP) is 7.52. The van der Waals surface area contributed by atoms with Crippen LogP contribution in [0.3, 0.4) is 0 Å². The number of anilines is 1. The lowest BCUT2D eigenvalue weighted by Gasteiger charge is -2.23. The zero-order valence-corrected chi connectivity index (χ0v) is 26.2. The van der Waals surface area contributed by atoms with Gasteiger partial charge in [-0.25, -0.2) is 9.97 Å². The van der Waals surface area contributed by atoms with E-state index in [1.807, 2.05) is 36.3 Å². The van der Waals surface area contributed by atoms with Crippen LogP contribution >= 0.6 is 35.3 Å². The van der Waals surface area contributed by atoms with Crippen LogP contribution in [0.5, 0.6) is 5.75 Å². The number of carbonyl (C=O) groups excluding carboxylic acids is 1. The molecule has 0 amide bonds. The van der Waals surface area contributed by atoms with Crippen molar-refractivity contribution >= 4 is 52.1 Å². The van der Waals surface area contributed by atoms with Gasteiger partial charge in [-0.05, 0) is 48.6 Å². The molecule has 0 saturated heterocycles. The van der Waals surface area contributed by atoms with Crippen LogP contribution < -0.4 is 10.1 Å². The number of pyridine rings is 1. The van der Waals surface area contributed by atoms with Crippen molar-refractivity contribution in [3.63, 3.8) is 0 Å². The minimum atomic E-state index is -0.210. The third kappa shape index (κ3) is 8.25. The van der Waals surface area contributed by atoms with Gasteiger partial charge in [-0.15, -0.1) is 23.1 Å². The molecule has 0 saturated carbocycles. The van der Waals surface area contributed by atoms with Gasteiger partial charge in [0, 0.05) is 29.3 Å². The number of thiazole rings is 1. The zero-order chi connectivity index (χ0) is 28.4. The Morgan fingerprint density at radius 2 is 1.87 bits per heavy atom. The number of aryl methyl sites for hydroxylation is 2. The van der Waals surface area contributed by atoms with Crippen molar-refractivity contribution < 1.29 is 14.3 Å². The standard InChI is InChI=1S/C26H29N3O3S3.C4H10/c1-5-16-11-19-24(18-7-6-8-20(31-3)15(18)2)35-21(26(33)29-25(19)28-13-16)12-22-27-14-17(34-22)9-10-23(30)32-4;1-3-4-2/h6-8,11,13-14,21,24H,5,9-10,12H2,1-4H3,(H,28,29,33);3-4H2,1-2H3. The maximum atomic E-state index is 11.5. The molecule has 9 heteroatoms. The molecule has 0 aliphatic carbocycles. The molecule has 0 fully saturated rings. The number of nitrogens with one attached hydrogen (secondary N) is 1. The van der Waals surface area contributed by atoms with Crippen LogP contribution in [0.25, 0.3) is 0 Å². The van der Waals surface area contributed by atoms with Gasteiger partial charge in [-0.2, -0.15) is 0 Å². The predicted molar refractivity (Wildman–Crippen MR) is 168 cm³/mol. The van der Waals surface area contributed by atoms with Crippen LogP contribution in [0.1, 0.15) is 77.4 Å². The number of aromatic nitrogens is 2. The van der Waals surface area contributed by atoms with E-state index in [2.05, 4.69) is 50.1 Å². The number of hydrogen-bond donors (Lipinski definition) is 1. The Hall–Kier alpha value is -2.49. The first-order valence-electron chi connectivity index (χ1n) is 13.4. The van der Waals surface area contributed by atoms with Gasteiger partial charge in [-0.1, -0.05) is 58.0 Å². The van der Waals surface area contributed by atoms with Gasteiger partial charge in [0.2, 0.25) is 0 Å². The molecule has 1 aliphatic rings. The number of rotatable bonds is 9. The van der Waals surface area contributed by atoms with Crippen molar-refractivity contribution in [2.24, 2.45) is 0 Å². The summed E-state index contributed by atoms with van der Waals surface area (Å²) >= 11 is 9.32. The normalized spacial score (nSPS) is 16.3. The van der Waals surface area contributed by atoms with Gasteiger partial charge in [0.25, 0.3) is 0 Å². The van der Waals surface area contributed by atoms with E-state index in [9.17, 15) is 4.79 Å². The first-order valence-corrected chi connectivity index (χ1v) is 15.6. The zero-order valence-electron chi connectivity index (χ0n) is 23.7. The Morgan fingerprint density at radius 3 is 2.54 bits per heavy atom. The van der Waals surface area contributed by atoms with E-state index in [1.54, 1.807) is 18.4 Å². The SMILES string of the molecule is CCCC.CCc1cnc2c(c1)C(c1cccc(OC)c1C)SC(Cc1ncc(CCC(=O)OC)s1)C(=S)N2. The number of methoxy groups -OCH3 is 2. The number of ether oxygens (including phenoxy) is 2. The molecule has 0 radical (unpaired) electrons. The third-order valence-electron chi connectivity index (χ3n) is 6.59. The number of fused-ring (bicyclic) bond motifs is 1. The minimum Gasteiger partial charge on any atom is -0.496 e. The summed E-state index contributed by atoms with van der Waals surface area (Å²) in [5, 5.41) is 4.48. The Balaban J connectivity index is 0.000000983. The molecule has 39 heavy (non-hydrogen) atoms. The molecule has 2 aromatic heterocycles. The molecule has 0 spiro atoms. The van der Waals surface area contributed by atoms with Crippen molar-refractivity contribution in [1.29, 1.82) is 0 Å². The summed E-state index contributed by atoms with van der Waals surface area (Å²) in [6.07, 6.45) is 9.02. The maximum Gasteiger partial charge on any atom is 0.305 e. The average Bonchev–Trinajstić information content (AvgIpc) is 3.36. The second kappa shape index (κ2) is 15.3. The van der Waals surface area contributed by atoms with E-state index < -0.39 is 0 Å². The molecular weight excluding hydrogens is 547 g/mol. The summed E-state index contributed by atoms with van der Waals surface area (Å²) in [4.78, 5) is 22.7. The highest BCUT2D eigenvalue weighted by Crippen LogP contribution is 2.47. The van der Waals surface area contributed by atoms with E-state index in [0.717, 1.165) is 44.0 Å².